The van der Waals surface area contributed by atoms with E-state index in [1.54, 1.807) is 0 Å². The van der Waals surface area contributed by atoms with E-state index in [-0.39, 0.29) is 5.69 Å². The van der Waals surface area contributed by atoms with Gasteiger partial charge in [-0.25, -0.2) is 9.78 Å². The van der Waals surface area contributed by atoms with Gasteiger partial charge in [-0.3, -0.25) is 0 Å². The van der Waals surface area contributed by atoms with Crippen molar-refractivity contribution in [2.24, 2.45) is 0 Å². The summed E-state index contributed by atoms with van der Waals surface area (Å²) in [6.45, 7) is 2.24. The summed E-state index contributed by atoms with van der Waals surface area (Å²) < 4.78 is 9.94. The van der Waals surface area contributed by atoms with Crippen LogP contribution in [0, 0.1) is 0 Å². The first-order valence-corrected chi connectivity index (χ1v) is 6.38. The van der Waals surface area contributed by atoms with Crippen LogP contribution in [0.2, 0.25) is 0 Å². The van der Waals surface area contributed by atoms with Gasteiger partial charge >= 0.3 is 5.97 Å². The zero-order valence-corrected chi connectivity index (χ0v) is 11.1. The van der Waals surface area contributed by atoms with Crippen LogP contribution in [-0.4, -0.2) is 31.2 Å². The van der Waals surface area contributed by atoms with E-state index in [1.165, 1.54) is 13.4 Å². The number of anilines is 2. The summed E-state index contributed by atoms with van der Waals surface area (Å²) in [5.41, 5.74) is 2.40. The summed E-state index contributed by atoms with van der Waals surface area (Å²) in [5, 5.41) is 3.34. The molecule has 1 N–H and O–H groups in total. The summed E-state index contributed by atoms with van der Waals surface area (Å²) in [6, 6.07) is 8.08. The normalized spacial score (nSPS) is 13.6. The van der Waals surface area contributed by atoms with Crippen LogP contribution in [0.25, 0.3) is 0 Å². The van der Waals surface area contributed by atoms with E-state index in [9.17, 15) is 4.79 Å². The molecule has 2 heterocycles. The van der Waals surface area contributed by atoms with Crippen molar-refractivity contribution in [1.29, 1.82) is 0 Å². The minimum Gasteiger partial charge on any atom is -0.464 e. The van der Waals surface area contributed by atoms with Crippen molar-refractivity contribution >= 4 is 17.3 Å². The van der Waals surface area contributed by atoms with Crippen LogP contribution in [0.3, 0.4) is 0 Å². The minimum absolute atomic E-state index is 0.200. The molecule has 0 saturated heterocycles. The molecule has 104 valence electrons. The number of rotatable bonds is 3. The molecule has 6 nitrogen and oxygen atoms in total. The Balaban J connectivity index is 1.79. The van der Waals surface area contributed by atoms with E-state index >= 15 is 0 Å². The summed E-state index contributed by atoms with van der Waals surface area (Å²) in [6.07, 6.45) is 1.33. The van der Waals surface area contributed by atoms with Crippen LogP contribution >= 0.6 is 0 Å². The van der Waals surface area contributed by atoms with E-state index < -0.39 is 5.97 Å². The van der Waals surface area contributed by atoms with Crippen molar-refractivity contribution in [3.05, 3.63) is 42.1 Å². The maximum Gasteiger partial charge on any atom is 0.360 e. The summed E-state index contributed by atoms with van der Waals surface area (Å²) >= 11 is 0. The van der Waals surface area contributed by atoms with Crippen molar-refractivity contribution in [2.45, 2.75) is 6.54 Å². The van der Waals surface area contributed by atoms with Crippen molar-refractivity contribution < 1.29 is 13.9 Å². The standard InChI is InChI=1S/C14H15N3O3/c1-19-14(18)11-9-20-13(16-11)8-17-7-6-15-10-4-2-3-5-12(10)17/h2-5,9,15H,6-8H2,1H3. The lowest BCUT2D eigenvalue weighted by molar-refractivity contribution is 0.0594. The highest BCUT2D eigenvalue weighted by molar-refractivity contribution is 5.86. The van der Waals surface area contributed by atoms with Gasteiger partial charge < -0.3 is 19.4 Å². The number of carbonyl (C=O) groups is 1. The number of benzene rings is 1. The number of nitrogens with one attached hydrogen (secondary N) is 1. The third-order valence-corrected chi connectivity index (χ3v) is 3.21. The van der Waals surface area contributed by atoms with Gasteiger partial charge in [0.25, 0.3) is 0 Å². The monoisotopic (exact) mass is 273 g/mol. The topological polar surface area (TPSA) is 67.6 Å². The van der Waals surface area contributed by atoms with Crippen LogP contribution in [-0.2, 0) is 11.3 Å². The van der Waals surface area contributed by atoms with E-state index in [4.69, 9.17) is 4.42 Å². The minimum atomic E-state index is -0.485. The first-order valence-electron chi connectivity index (χ1n) is 6.38. The van der Waals surface area contributed by atoms with Crippen LogP contribution in [0.1, 0.15) is 16.4 Å². The lowest BCUT2D eigenvalue weighted by Gasteiger charge is -2.30. The second kappa shape index (κ2) is 5.24. The number of nitrogens with zero attached hydrogens (tertiary/aromatic N) is 2. The number of ether oxygens (including phenoxy) is 1. The first kappa shape index (κ1) is 12.5. The molecule has 2 aromatic rings. The zero-order chi connectivity index (χ0) is 13.9. The lowest BCUT2D eigenvalue weighted by Crippen LogP contribution is -2.33. The number of oxazole rings is 1. The summed E-state index contributed by atoms with van der Waals surface area (Å²) in [5.74, 6) is 0.0165. The Bertz CT molecular complexity index is 624. The first-order chi connectivity index (χ1) is 9.78. The predicted octanol–water partition coefficient (Wildman–Crippen LogP) is 1.89. The molecule has 0 unspecified atom stereocenters. The van der Waals surface area contributed by atoms with Crippen molar-refractivity contribution in [2.75, 3.05) is 30.4 Å². The van der Waals surface area contributed by atoms with E-state index in [2.05, 4.69) is 19.9 Å². The highest BCUT2D eigenvalue weighted by Gasteiger charge is 2.19. The Morgan fingerprint density at radius 1 is 1.50 bits per heavy atom. The van der Waals surface area contributed by atoms with Gasteiger partial charge in [-0.15, -0.1) is 0 Å². The third-order valence-electron chi connectivity index (χ3n) is 3.21. The number of hydrogen-bond donors (Lipinski definition) is 1. The number of carbonyl (C=O) groups excluding carboxylic acids is 1. The largest absolute Gasteiger partial charge is 0.464 e. The second-order valence-corrected chi connectivity index (χ2v) is 4.48. The molecule has 6 heteroatoms. The van der Waals surface area contributed by atoms with Gasteiger partial charge in [0.05, 0.1) is 25.0 Å². The van der Waals surface area contributed by atoms with Crippen LogP contribution in [0.5, 0.6) is 0 Å². The van der Waals surface area contributed by atoms with Crippen molar-refractivity contribution in [1.82, 2.24) is 4.98 Å². The van der Waals surface area contributed by atoms with Crippen LogP contribution in [0.4, 0.5) is 11.4 Å². The Labute approximate surface area is 116 Å². The SMILES string of the molecule is COC(=O)c1coc(CN2CCNc3ccccc32)n1. The average Bonchev–Trinajstić information content (AvgIpc) is 2.95. The molecule has 1 aliphatic heterocycles. The van der Waals surface area contributed by atoms with Gasteiger partial charge in [-0.2, -0.15) is 0 Å². The smallest absolute Gasteiger partial charge is 0.360 e. The number of hydrogen-bond acceptors (Lipinski definition) is 6. The molecule has 1 aromatic heterocycles. The van der Waals surface area contributed by atoms with Crippen molar-refractivity contribution in [3.8, 4) is 0 Å². The Kier molecular flexibility index (Phi) is 3.28. The molecule has 0 saturated carbocycles. The van der Waals surface area contributed by atoms with Crippen LogP contribution < -0.4 is 10.2 Å². The van der Waals surface area contributed by atoms with E-state index in [0.29, 0.717) is 12.4 Å². The lowest BCUT2D eigenvalue weighted by atomic mass is 10.2. The molecule has 20 heavy (non-hydrogen) atoms. The number of esters is 1. The number of aromatic nitrogens is 1. The fourth-order valence-corrected chi connectivity index (χ4v) is 2.25. The van der Waals surface area contributed by atoms with Gasteiger partial charge in [-0.1, -0.05) is 12.1 Å². The molecule has 0 bridgehead atoms. The zero-order valence-electron chi connectivity index (χ0n) is 11.1. The molecule has 0 fully saturated rings. The van der Waals surface area contributed by atoms with Gasteiger partial charge in [-0.05, 0) is 12.1 Å². The Morgan fingerprint density at radius 3 is 3.20 bits per heavy atom. The maximum absolute atomic E-state index is 11.3. The molecular formula is C14H15N3O3. The molecule has 0 aliphatic carbocycles. The molecule has 3 rings (SSSR count). The summed E-state index contributed by atoms with van der Waals surface area (Å²) in [7, 11) is 1.32. The fourth-order valence-electron chi connectivity index (χ4n) is 2.25. The molecular weight excluding hydrogens is 258 g/mol. The molecule has 1 aromatic carbocycles. The Hall–Kier alpha value is -2.50. The highest BCUT2D eigenvalue weighted by Crippen LogP contribution is 2.29. The van der Waals surface area contributed by atoms with Gasteiger partial charge in [0.15, 0.2) is 5.69 Å². The van der Waals surface area contributed by atoms with Crippen LogP contribution in [0.15, 0.2) is 34.9 Å². The quantitative estimate of drug-likeness (QED) is 0.861. The van der Waals surface area contributed by atoms with Gasteiger partial charge in [0.2, 0.25) is 5.89 Å². The molecule has 0 radical (unpaired) electrons. The maximum atomic E-state index is 11.3. The van der Waals surface area contributed by atoms with E-state index in [1.807, 2.05) is 24.3 Å². The second-order valence-electron chi connectivity index (χ2n) is 4.48. The fraction of sp³-hybridized carbons (Fsp3) is 0.286. The summed E-state index contributed by atoms with van der Waals surface area (Å²) in [4.78, 5) is 17.7. The average molecular weight is 273 g/mol. The van der Waals surface area contributed by atoms with Crippen molar-refractivity contribution in [3.63, 3.8) is 0 Å². The number of methoxy groups -OCH3 is 1. The molecule has 0 spiro atoms. The molecule has 0 amide bonds. The molecule has 1 aliphatic rings. The number of para-hydroxylation sites is 2. The van der Waals surface area contributed by atoms with Gasteiger partial charge in [0.1, 0.15) is 6.26 Å². The third kappa shape index (κ3) is 2.32. The predicted molar refractivity (Wildman–Crippen MR) is 73.8 cm³/mol. The Morgan fingerprint density at radius 2 is 2.35 bits per heavy atom. The molecule has 0 atom stereocenters. The van der Waals surface area contributed by atoms with E-state index in [0.717, 1.165) is 24.5 Å². The highest BCUT2D eigenvalue weighted by atomic mass is 16.5. The number of fused-ring (bicyclic) bond motifs is 1. The van der Waals surface area contributed by atoms with Gasteiger partial charge in [0, 0.05) is 13.1 Å².